The lowest BCUT2D eigenvalue weighted by atomic mass is 10.1. The molecule has 2 heterocycles. The largest absolute Gasteiger partial charge is 0.501 e. The van der Waals surface area contributed by atoms with Gasteiger partial charge in [0.1, 0.15) is 0 Å². The molecule has 6 nitrogen and oxygen atoms in total. The maximum atomic E-state index is 11.3. The molecule has 0 aliphatic carbocycles. The van der Waals surface area contributed by atoms with Crippen molar-refractivity contribution in [1.82, 2.24) is 5.32 Å². The van der Waals surface area contributed by atoms with E-state index >= 15 is 0 Å². The van der Waals surface area contributed by atoms with E-state index in [-0.39, 0.29) is 18.6 Å². The van der Waals surface area contributed by atoms with Crippen LogP contribution in [0.25, 0.3) is 0 Å². The number of aliphatic hydroxyl groups is 1. The highest BCUT2D eigenvalue weighted by atomic mass is 16.5. The average Bonchev–Trinajstić information content (AvgIpc) is 2.69. The molecule has 2 N–H and O–H groups in total. The maximum Gasteiger partial charge on any atom is 0.501 e. The second-order valence-corrected chi connectivity index (χ2v) is 3.87. The molecular weight excluding hydrogens is 200 g/mol. The zero-order valence-corrected chi connectivity index (χ0v) is 8.34. The molecule has 0 aromatic carbocycles. The predicted octanol–water partition coefficient (Wildman–Crippen LogP) is -0.937. The molecule has 2 aliphatic rings. The maximum absolute atomic E-state index is 11.3. The van der Waals surface area contributed by atoms with Gasteiger partial charge < -0.3 is 9.84 Å². The minimum atomic E-state index is -0.463. The van der Waals surface area contributed by atoms with Crippen molar-refractivity contribution in [3.63, 3.8) is 0 Å². The van der Waals surface area contributed by atoms with E-state index < -0.39 is 18.2 Å². The number of nitrogens with zero attached hydrogens (tertiary/aromatic N) is 1. The minimum absolute atomic E-state index is 0.0652. The molecule has 15 heavy (non-hydrogen) atoms. The van der Waals surface area contributed by atoms with Crippen molar-refractivity contribution in [3.8, 4) is 0 Å². The number of carbonyl (C=O) groups excluding carboxylic acids is 2. The van der Waals surface area contributed by atoms with Crippen molar-refractivity contribution in [2.24, 2.45) is 5.92 Å². The third-order valence-electron chi connectivity index (χ3n) is 2.65. The van der Waals surface area contributed by atoms with Crippen molar-refractivity contribution < 1.29 is 24.0 Å². The lowest BCUT2D eigenvalue weighted by Gasteiger charge is -2.11. The van der Waals surface area contributed by atoms with E-state index in [1.165, 1.54) is 10.8 Å². The van der Waals surface area contributed by atoms with E-state index in [9.17, 15) is 9.59 Å². The van der Waals surface area contributed by atoms with Gasteiger partial charge in [0.05, 0.1) is 12.7 Å². The van der Waals surface area contributed by atoms with E-state index in [4.69, 9.17) is 9.84 Å². The van der Waals surface area contributed by atoms with Crippen molar-refractivity contribution >= 4 is 18.2 Å². The van der Waals surface area contributed by atoms with Gasteiger partial charge >= 0.3 is 11.9 Å². The molecule has 1 fully saturated rings. The van der Waals surface area contributed by atoms with Crippen molar-refractivity contribution in [1.29, 1.82) is 0 Å². The molecule has 3 atom stereocenters. The second-order valence-electron chi connectivity index (χ2n) is 3.87. The molecule has 0 aromatic rings. The second kappa shape index (κ2) is 3.71. The molecule has 6 heteroatoms. The van der Waals surface area contributed by atoms with Crippen LogP contribution in [0.15, 0.2) is 0 Å². The summed E-state index contributed by atoms with van der Waals surface area (Å²) >= 11 is 0. The summed E-state index contributed by atoms with van der Waals surface area (Å²) < 4.78 is 6.71. The molecule has 82 valence electrons. The Balaban J connectivity index is 2.15. The van der Waals surface area contributed by atoms with Crippen LogP contribution in [-0.2, 0) is 9.53 Å². The molecular formula is C9H13N2O4+. The highest BCUT2D eigenvalue weighted by Crippen LogP contribution is 2.26. The lowest BCUT2D eigenvalue weighted by molar-refractivity contribution is -0.526. The van der Waals surface area contributed by atoms with Crippen LogP contribution in [0.5, 0.6) is 0 Å². The summed E-state index contributed by atoms with van der Waals surface area (Å²) in [4.78, 5) is 22.3. The fourth-order valence-corrected chi connectivity index (χ4v) is 1.95. The highest BCUT2D eigenvalue weighted by Gasteiger charge is 2.43. The van der Waals surface area contributed by atoms with E-state index in [0.29, 0.717) is 6.42 Å². The number of imide groups is 1. The highest BCUT2D eigenvalue weighted by molar-refractivity contribution is 6.31. The van der Waals surface area contributed by atoms with Gasteiger partial charge in [-0.15, -0.1) is 0 Å². The van der Waals surface area contributed by atoms with Gasteiger partial charge in [0.2, 0.25) is 6.23 Å². The zero-order valence-electron chi connectivity index (χ0n) is 8.34. The van der Waals surface area contributed by atoms with Crippen LogP contribution >= 0.6 is 0 Å². The topological polar surface area (TPSA) is 78.6 Å². The Morgan fingerprint density at radius 2 is 2.40 bits per heavy atom. The number of aliphatic hydroxyl groups excluding tert-OH is 1. The molecule has 0 saturated carbocycles. The lowest BCUT2D eigenvalue weighted by Crippen LogP contribution is -2.36. The number of amides is 3. The number of urea groups is 1. The molecule has 0 spiro atoms. The molecule has 3 unspecified atom stereocenters. The first-order valence-corrected chi connectivity index (χ1v) is 4.86. The summed E-state index contributed by atoms with van der Waals surface area (Å²) in [6.07, 6.45) is 1.19. The van der Waals surface area contributed by atoms with Gasteiger partial charge in [-0.05, 0) is 6.42 Å². The first-order valence-electron chi connectivity index (χ1n) is 4.86. The Morgan fingerprint density at radius 1 is 1.67 bits per heavy atom. The molecule has 0 bridgehead atoms. The number of rotatable bonds is 2. The number of ether oxygens (including phenoxy) is 1. The van der Waals surface area contributed by atoms with Gasteiger partial charge in [0.15, 0.2) is 6.21 Å². The van der Waals surface area contributed by atoms with Crippen LogP contribution in [0.2, 0.25) is 0 Å². The van der Waals surface area contributed by atoms with Crippen LogP contribution in [0.3, 0.4) is 0 Å². The normalized spacial score (nSPS) is 35.6. The van der Waals surface area contributed by atoms with Gasteiger partial charge in [0, 0.05) is 5.92 Å². The summed E-state index contributed by atoms with van der Waals surface area (Å²) in [7, 11) is 0. The van der Waals surface area contributed by atoms with Gasteiger partial charge in [0.25, 0.3) is 0 Å². The smallest absolute Gasteiger partial charge is 0.394 e. The summed E-state index contributed by atoms with van der Waals surface area (Å²) in [6.45, 7) is 1.86. The third kappa shape index (κ3) is 1.78. The van der Waals surface area contributed by atoms with Crippen molar-refractivity contribution in [2.75, 3.05) is 6.61 Å². The van der Waals surface area contributed by atoms with Crippen LogP contribution in [-0.4, -0.2) is 46.8 Å². The fourth-order valence-electron chi connectivity index (χ4n) is 1.95. The Labute approximate surface area is 86.5 Å². The zero-order chi connectivity index (χ0) is 11.0. The molecule has 2 rings (SSSR count). The average molecular weight is 213 g/mol. The number of hydrogen-bond acceptors (Lipinski definition) is 4. The number of nitrogens with one attached hydrogen (secondary N) is 1. The Morgan fingerprint density at radius 3 is 2.87 bits per heavy atom. The number of hydrogen-bond donors (Lipinski definition) is 2. The molecule has 0 aromatic heterocycles. The third-order valence-corrected chi connectivity index (χ3v) is 2.65. The first-order chi connectivity index (χ1) is 7.11. The summed E-state index contributed by atoms with van der Waals surface area (Å²) in [6, 6.07) is -0.463. The van der Waals surface area contributed by atoms with E-state index in [2.05, 4.69) is 5.32 Å². The summed E-state index contributed by atoms with van der Waals surface area (Å²) in [5.41, 5.74) is 0. The van der Waals surface area contributed by atoms with Crippen LogP contribution in [0.1, 0.15) is 13.3 Å². The van der Waals surface area contributed by atoms with E-state index in [1.807, 2.05) is 6.92 Å². The van der Waals surface area contributed by atoms with Crippen molar-refractivity contribution in [2.45, 2.75) is 25.7 Å². The fraction of sp³-hybridized carbons (Fsp3) is 0.667. The van der Waals surface area contributed by atoms with Gasteiger partial charge in [-0.2, -0.15) is 14.7 Å². The van der Waals surface area contributed by atoms with Gasteiger partial charge in [-0.1, -0.05) is 6.92 Å². The van der Waals surface area contributed by atoms with Crippen LogP contribution < -0.4 is 5.32 Å². The predicted molar refractivity (Wildman–Crippen MR) is 49.4 cm³/mol. The summed E-state index contributed by atoms with van der Waals surface area (Å²) in [5.74, 6) is -0.321. The van der Waals surface area contributed by atoms with Crippen LogP contribution in [0, 0.1) is 5.92 Å². The van der Waals surface area contributed by atoms with Gasteiger partial charge in [-0.3, -0.25) is 0 Å². The summed E-state index contributed by atoms with van der Waals surface area (Å²) in [5, 5.41) is 11.1. The SMILES string of the molecule is CC1CC(CO)OC1[N+]1=CC(=O)NC1=O. The minimum Gasteiger partial charge on any atom is -0.394 e. The standard InChI is InChI=1S/C9H12N2O4/c1-5-2-6(4-12)15-8(5)11-3-7(13)10-9(11)14/h3,5-6,8,12H,2,4H2,1H3/p+1. The molecule has 2 aliphatic heterocycles. The van der Waals surface area contributed by atoms with E-state index in [1.54, 1.807) is 0 Å². The molecule has 0 radical (unpaired) electrons. The first kappa shape index (κ1) is 10.3. The quantitative estimate of drug-likeness (QED) is 0.580. The Kier molecular flexibility index (Phi) is 2.54. The molecule has 3 amide bonds. The van der Waals surface area contributed by atoms with Gasteiger partial charge in [-0.25, -0.2) is 4.79 Å². The monoisotopic (exact) mass is 213 g/mol. The van der Waals surface area contributed by atoms with Crippen molar-refractivity contribution in [3.05, 3.63) is 0 Å². The Bertz CT molecular complexity index is 339. The Hall–Kier alpha value is -1.27. The van der Waals surface area contributed by atoms with E-state index in [0.717, 1.165) is 0 Å². The molecule has 1 saturated heterocycles. The van der Waals surface area contributed by atoms with Crippen LogP contribution in [0.4, 0.5) is 4.79 Å². The number of carbonyl (C=O) groups is 2.